The molecule has 3 fully saturated rings. The minimum Gasteiger partial charge on any atom is -0.272 e. The Morgan fingerprint density at radius 2 is 1.37 bits per heavy atom. The molecule has 3 aliphatic carbocycles. The lowest BCUT2D eigenvalue weighted by Gasteiger charge is -2.18. The highest BCUT2D eigenvalue weighted by Crippen LogP contribution is 2.73. The van der Waals surface area contributed by atoms with Crippen LogP contribution in [-0.2, 0) is 9.59 Å². The van der Waals surface area contributed by atoms with Crippen molar-refractivity contribution in [2.45, 2.75) is 12.8 Å². The predicted octanol–water partition coefficient (Wildman–Crippen LogP) is 4.52. The van der Waals surface area contributed by atoms with Gasteiger partial charge in [-0.25, -0.2) is 0 Å². The molecule has 4 heteroatoms. The van der Waals surface area contributed by atoms with Crippen molar-refractivity contribution in [2.24, 2.45) is 34.2 Å². The van der Waals surface area contributed by atoms with Gasteiger partial charge in [0.2, 0.25) is 0 Å². The summed E-state index contributed by atoms with van der Waals surface area (Å²) in [5, 5.41) is 10.0. The number of hydrogen-bond acceptors (Lipinski definition) is 3. The lowest BCUT2D eigenvalue weighted by atomic mass is 9.85. The highest BCUT2D eigenvalue weighted by molar-refractivity contribution is 6.14. The number of nitrogens with zero attached hydrogens (tertiary/aromatic N) is 2. The molecule has 30 heavy (non-hydrogen) atoms. The third kappa shape index (κ3) is 1.89. The third-order valence-corrected chi connectivity index (χ3v) is 7.94. The number of carbonyl (C=O) groups is 2. The maximum absolute atomic E-state index is 13.2. The van der Waals surface area contributed by atoms with E-state index in [1.807, 2.05) is 24.3 Å². The molecule has 4 atom stereocenters. The van der Waals surface area contributed by atoms with Gasteiger partial charge in [-0.15, -0.1) is 0 Å². The van der Waals surface area contributed by atoms with Crippen molar-refractivity contribution in [3.8, 4) is 0 Å². The molecule has 2 bridgehead atoms. The monoisotopic (exact) mass is 392 g/mol. The van der Waals surface area contributed by atoms with Crippen molar-refractivity contribution in [1.29, 1.82) is 0 Å². The Balaban J connectivity index is 1.32. The van der Waals surface area contributed by atoms with E-state index in [9.17, 15) is 9.59 Å². The van der Waals surface area contributed by atoms with E-state index in [0.717, 1.165) is 45.0 Å². The molecular weight excluding hydrogens is 372 g/mol. The van der Waals surface area contributed by atoms with Crippen LogP contribution < -0.4 is 0 Å². The van der Waals surface area contributed by atoms with Gasteiger partial charge in [0.1, 0.15) is 0 Å². The molecule has 4 nitrogen and oxygen atoms in total. The Morgan fingerprint density at radius 3 is 1.90 bits per heavy atom. The smallest absolute Gasteiger partial charge is 0.254 e. The first-order chi connectivity index (χ1) is 14.7. The summed E-state index contributed by atoms with van der Waals surface area (Å²) in [5.74, 6) is -0.208. The van der Waals surface area contributed by atoms with Crippen molar-refractivity contribution in [3.05, 3.63) is 72.3 Å². The van der Waals surface area contributed by atoms with Crippen LogP contribution >= 0.6 is 0 Å². The largest absolute Gasteiger partial charge is 0.272 e. The molecule has 3 aromatic carbocycles. The second kappa shape index (κ2) is 5.45. The molecule has 2 amide bonds. The zero-order valence-electron chi connectivity index (χ0n) is 16.4. The fraction of sp³-hybridized carbons (Fsp3) is 0.269. The van der Waals surface area contributed by atoms with Crippen molar-refractivity contribution in [2.75, 3.05) is 0 Å². The second-order valence-corrected chi connectivity index (χ2v) is 9.19. The Hall–Kier alpha value is -3.27. The van der Waals surface area contributed by atoms with Gasteiger partial charge < -0.3 is 0 Å². The Kier molecular flexibility index (Phi) is 3.00. The Bertz CT molecular complexity index is 1250. The summed E-state index contributed by atoms with van der Waals surface area (Å²) in [6.45, 7) is 0. The van der Waals surface area contributed by atoms with E-state index in [2.05, 4.69) is 47.6 Å². The summed E-state index contributed by atoms with van der Waals surface area (Å²) < 4.78 is 0. The lowest BCUT2D eigenvalue weighted by molar-refractivity contribution is -0.141. The molecular formula is C26H20N2O2. The number of rotatable bonds is 2. The van der Waals surface area contributed by atoms with Gasteiger partial charge >= 0.3 is 0 Å². The van der Waals surface area contributed by atoms with Crippen LogP contribution in [-0.4, -0.2) is 23.0 Å². The average Bonchev–Trinajstić information content (AvgIpc) is 3.37. The van der Waals surface area contributed by atoms with E-state index in [1.54, 1.807) is 6.21 Å². The van der Waals surface area contributed by atoms with E-state index >= 15 is 0 Å². The maximum Gasteiger partial charge on any atom is 0.254 e. The number of imide groups is 1. The third-order valence-electron chi connectivity index (χ3n) is 7.94. The van der Waals surface area contributed by atoms with E-state index < -0.39 is 0 Å². The van der Waals surface area contributed by atoms with Gasteiger partial charge in [0.25, 0.3) is 11.8 Å². The minimum absolute atomic E-state index is 0.117. The van der Waals surface area contributed by atoms with E-state index in [-0.39, 0.29) is 40.9 Å². The SMILES string of the molecule is O=C1[C@@H]2[C@@H](C(=O)N1N=Cc1c3ccccc3cc3ccccc13)[C@@H]1C=C[C@H]2C12CC2. The van der Waals surface area contributed by atoms with Gasteiger partial charge in [0, 0.05) is 5.56 Å². The van der Waals surface area contributed by atoms with Crippen molar-refractivity contribution in [1.82, 2.24) is 5.01 Å². The number of benzene rings is 3. The standard InChI is InChI=1S/C26H20N2O2/c29-24-22-20-9-10-21(26(20)11-12-26)23(22)25(30)28(24)27-14-19-17-7-3-1-5-15(17)13-16-6-2-4-8-18(16)19/h1-10,13-14,20-23H,11-12H2/t20-,21+,22-,23-/m0/s1. The molecule has 0 N–H and O–H groups in total. The van der Waals surface area contributed by atoms with E-state index in [0.29, 0.717) is 0 Å². The lowest BCUT2D eigenvalue weighted by Crippen LogP contribution is -2.30. The molecule has 0 aromatic heterocycles. The zero-order valence-corrected chi connectivity index (χ0v) is 16.4. The van der Waals surface area contributed by atoms with Crippen LogP contribution in [0.2, 0.25) is 0 Å². The first-order valence-electron chi connectivity index (χ1n) is 10.7. The molecule has 0 unspecified atom stereocenters. The summed E-state index contributed by atoms with van der Waals surface area (Å²) >= 11 is 0. The van der Waals surface area contributed by atoms with Crippen LogP contribution in [0, 0.1) is 29.1 Å². The fourth-order valence-electron chi connectivity index (χ4n) is 6.48. The molecule has 1 saturated heterocycles. The van der Waals surface area contributed by atoms with Crippen LogP contribution in [0.15, 0.2) is 71.9 Å². The van der Waals surface area contributed by atoms with Gasteiger partial charge in [0.15, 0.2) is 0 Å². The molecule has 7 rings (SSSR count). The van der Waals surface area contributed by atoms with Crippen molar-refractivity contribution < 1.29 is 9.59 Å². The number of fused-ring (bicyclic) bond motifs is 5. The maximum atomic E-state index is 13.2. The zero-order chi connectivity index (χ0) is 20.0. The highest BCUT2D eigenvalue weighted by atomic mass is 16.2. The molecule has 3 aromatic rings. The molecule has 1 heterocycles. The van der Waals surface area contributed by atoms with Crippen LogP contribution in [0.25, 0.3) is 21.5 Å². The van der Waals surface area contributed by atoms with Gasteiger partial charge in [0.05, 0.1) is 18.1 Å². The minimum atomic E-state index is -0.212. The van der Waals surface area contributed by atoms with Gasteiger partial charge in [-0.2, -0.15) is 10.1 Å². The van der Waals surface area contributed by atoms with Crippen molar-refractivity contribution >= 4 is 39.6 Å². The number of hydrogen-bond donors (Lipinski definition) is 0. The highest BCUT2D eigenvalue weighted by Gasteiger charge is 2.73. The molecule has 1 spiro atoms. The summed E-state index contributed by atoms with van der Waals surface area (Å²) in [5.41, 5.74) is 1.16. The normalized spacial score (nSPS) is 30.5. The van der Waals surface area contributed by atoms with Crippen LogP contribution in [0.3, 0.4) is 0 Å². The molecule has 0 radical (unpaired) electrons. The molecule has 1 aliphatic heterocycles. The molecule has 4 aliphatic rings. The number of allylic oxidation sites excluding steroid dienone is 2. The van der Waals surface area contributed by atoms with Crippen molar-refractivity contribution in [3.63, 3.8) is 0 Å². The molecule has 2 saturated carbocycles. The fourth-order valence-corrected chi connectivity index (χ4v) is 6.48. The topological polar surface area (TPSA) is 49.7 Å². The number of amides is 2. The van der Waals surface area contributed by atoms with E-state index in [1.165, 1.54) is 0 Å². The van der Waals surface area contributed by atoms with Gasteiger partial charge in [-0.05, 0) is 57.7 Å². The number of hydrazone groups is 1. The Labute approximate surface area is 173 Å². The first-order valence-corrected chi connectivity index (χ1v) is 10.7. The van der Waals surface area contributed by atoms with Gasteiger partial charge in [-0.1, -0.05) is 60.7 Å². The summed E-state index contributed by atoms with van der Waals surface area (Å²) in [6.07, 6.45) is 8.39. The summed E-state index contributed by atoms with van der Waals surface area (Å²) in [6, 6.07) is 18.5. The van der Waals surface area contributed by atoms with Gasteiger partial charge in [-0.3, -0.25) is 9.59 Å². The number of carbonyl (C=O) groups excluding carboxylic acids is 2. The summed E-state index contributed by atoms with van der Waals surface area (Å²) in [7, 11) is 0. The van der Waals surface area contributed by atoms with Crippen LogP contribution in [0.5, 0.6) is 0 Å². The quantitative estimate of drug-likeness (QED) is 0.279. The van der Waals surface area contributed by atoms with Crippen LogP contribution in [0.1, 0.15) is 18.4 Å². The average molecular weight is 392 g/mol. The van der Waals surface area contributed by atoms with E-state index in [4.69, 9.17) is 0 Å². The Morgan fingerprint density at radius 1 is 0.833 bits per heavy atom. The molecule has 146 valence electrons. The predicted molar refractivity (Wildman–Crippen MR) is 116 cm³/mol. The van der Waals surface area contributed by atoms with Crippen LogP contribution in [0.4, 0.5) is 0 Å². The first kappa shape index (κ1) is 16.5. The second-order valence-electron chi connectivity index (χ2n) is 9.19. The summed E-state index contributed by atoms with van der Waals surface area (Å²) in [4.78, 5) is 26.4.